The van der Waals surface area contributed by atoms with Crippen LogP contribution in [0.1, 0.15) is 11.1 Å². The van der Waals surface area contributed by atoms with Gasteiger partial charge in [0, 0.05) is 48.5 Å². The Morgan fingerprint density at radius 1 is 0.297 bits per heavy atom. The van der Waals surface area contributed by atoms with Gasteiger partial charge in [0.05, 0.1) is 0 Å². The second kappa shape index (κ2) is 20.3. The van der Waals surface area contributed by atoms with Crippen LogP contribution in [0.2, 0.25) is 0 Å². The molecule has 0 heterocycles. The zero-order valence-electron chi connectivity index (χ0n) is 40.5. The minimum absolute atomic E-state index is 0.679. The Bertz CT molecular complexity index is 3740. The summed E-state index contributed by atoms with van der Waals surface area (Å²) in [5.74, 6) is 0. The summed E-state index contributed by atoms with van der Waals surface area (Å²) in [7, 11) is -10.2. The van der Waals surface area contributed by atoms with Crippen molar-refractivity contribution in [2.45, 2.75) is 0 Å². The lowest BCUT2D eigenvalue weighted by molar-refractivity contribution is 0.589. The molecule has 8 heteroatoms. The second-order valence-electron chi connectivity index (χ2n) is 18.2. The molecule has 0 aromatic heterocycles. The summed E-state index contributed by atoms with van der Waals surface area (Å²) >= 11 is 0. The lowest BCUT2D eigenvalue weighted by atomic mass is 10.1. The van der Waals surface area contributed by atoms with Crippen LogP contribution in [0.4, 0.5) is 11.4 Å². The Balaban J connectivity index is 0.890. The Labute approximate surface area is 432 Å². The number of hydrogen-bond acceptors (Lipinski definition) is 3. The van der Waals surface area contributed by atoms with Gasteiger partial charge in [-0.25, -0.2) is 0 Å². The highest BCUT2D eigenvalue weighted by Crippen LogP contribution is 2.48. The maximum Gasteiger partial charge on any atom is 0.227 e. The number of hydrogen-bond donors (Lipinski definition) is 2. The largest absolute Gasteiger partial charge is 0.329 e. The molecular formula is C66H51N2O3P3. The quantitative estimate of drug-likeness (QED) is 0.100. The number of nitrogens with one attached hydrogen (secondary N) is 2. The molecule has 0 fully saturated rings. The van der Waals surface area contributed by atoms with E-state index < -0.39 is 21.7 Å². The van der Waals surface area contributed by atoms with E-state index >= 15 is 13.7 Å². The first-order valence-electron chi connectivity index (χ1n) is 24.4. The van der Waals surface area contributed by atoms with E-state index in [2.05, 4.69) is 23.3 Å². The van der Waals surface area contributed by atoms with Crippen LogP contribution >= 0.6 is 21.7 Å². The van der Waals surface area contributed by atoms with Gasteiger partial charge in [-0.15, -0.1) is 0 Å². The Morgan fingerprint density at radius 3 is 0.973 bits per heavy atom. The highest BCUT2D eigenvalue weighted by atomic mass is 31.2. The summed E-state index contributed by atoms with van der Waals surface area (Å²) in [6.45, 7) is 7.77. The van der Waals surface area contributed by atoms with E-state index in [9.17, 15) is 0 Å². The van der Waals surface area contributed by atoms with Gasteiger partial charge in [-0.2, -0.15) is 0 Å². The number of anilines is 2. The minimum atomic E-state index is -3.42. The van der Waals surface area contributed by atoms with Crippen LogP contribution in [0.3, 0.4) is 0 Å². The molecule has 0 amide bonds. The summed E-state index contributed by atoms with van der Waals surface area (Å²) < 4.78 is 46.9. The van der Waals surface area contributed by atoms with Crippen LogP contribution in [0, 0.1) is 0 Å². The predicted octanol–water partition coefficient (Wildman–Crippen LogP) is 14.9. The predicted molar refractivity (Wildman–Crippen MR) is 319 cm³/mol. The van der Waals surface area contributed by atoms with Crippen molar-refractivity contribution < 1.29 is 13.7 Å². The summed E-state index contributed by atoms with van der Waals surface area (Å²) in [6, 6.07) is 85.0. The van der Waals surface area contributed by atoms with Crippen LogP contribution in [0.15, 0.2) is 274 Å². The topological polar surface area (TPSA) is 75.3 Å². The van der Waals surface area contributed by atoms with Crippen molar-refractivity contribution in [3.63, 3.8) is 0 Å². The third-order valence-corrected chi connectivity index (χ3v) is 22.2. The molecular weight excluding hydrogens is 962 g/mol. The van der Waals surface area contributed by atoms with Gasteiger partial charge in [-0.05, 0) is 116 Å². The Morgan fingerprint density at radius 2 is 0.608 bits per heavy atom. The molecule has 358 valence electrons. The first-order chi connectivity index (χ1) is 36.2. The van der Waals surface area contributed by atoms with Crippen LogP contribution in [0.5, 0.6) is 0 Å². The fraction of sp³-hybridized carbons (Fsp3) is 0. The first kappa shape index (κ1) is 48.0. The molecule has 5 nitrogen and oxygen atoms in total. The molecule has 11 aromatic carbocycles. The molecule has 0 spiro atoms. The van der Waals surface area contributed by atoms with E-state index in [1.165, 1.54) is 0 Å². The fourth-order valence-electron chi connectivity index (χ4n) is 9.78. The van der Waals surface area contributed by atoms with E-state index in [-0.39, 0.29) is 0 Å². The molecule has 0 saturated heterocycles. The molecule has 0 aliphatic heterocycles. The molecule has 0 aliphatic carbocycles. The van der Waals surface area contributed by atoms with Gasteiger partial charge in [0.15, 0.2) is 7.14 Å². The number of fused-ring (bicyclic) bond motifs is 2. The highest BCUT2D eigenvalue weighted by molar-refractivity contribution is 7.85. The van der Waals surface area contributed by atoms with Crippen molar-refractivity contribution in [2.24, 2.45) is 0 Å². The zero-order chi connectivity index (χ0) is 50.7. The molecule has 0 bridgehead atoms. The van der Waals surface area contributed by atoms with Gasteiger partial charge in [-0.3, -0.25) is 9.13 Å². The van der Waals surface area contributed by atoms with Gasteiger partial charge in [-0.1, -0.05) is 226 Å². The van der Waals surface area contributed by atoms with Crippen molar-refractivity contribution in [1.29, 1.82) is 0 Å². The van der Waals surface area contributed by atoms with Crippen LogP contribution in [0.25, 0.3) is 56.0 Å². The average Bonchev–Trinajstić information content (AvgIpc) is 3.47. The molecule has 0 saturated carbocycles. The molecule has 2 atom stereocenters. The summed E-state index contributed by atoms with van der Waals surface area (Å²) in [5, 5.41) is 15.8. The van der Waals surface area contributed by atoms with Crippen LogP contribution in [-0.4, -0.2) is 0 Å². The van der Waals surface area contributed by atoms with E-state index in [1.807, 2.05) is 261 Å². The third-order valence-electron chi connectivity index (χ3n) is 13.8. The summed E-state index contributed by atoms with van der Waals surface area (Å²) in [6.07, 6.45) is 3.58. The average molecular weight is 1010 g/mol. The summed E-state index contributed by atoms with van der Waals surface area (Å²) in [5.41, 5.74) is 7.22. The molecule has 74 heavy (non-hydrogen) atoms. The Kier molecular flexibility index (Phi) is 13.2. The summed E-state index contributed by atoms with van der Waals surface area (Å²) in [4.78, 5) is 0. The fourth-order valence-corrected chi connectivity index (χ4v) is 17.3. The molecule has 0 radical (unpaired) electrons. The SMILES string of the molecule is C=Cc1ccc(NP(=O)(c2ccc(-c3ccc(P(=O)(c4ccccc4)c4ccc(-c5ccc(P(=O)(Nc6ccc(C=C)cc6)c6cccc7ccccc67)cc5)cc4)cc3)cc2)c2cccc3ccccc23)cc1. The highest BCUT2D eigenvalue weighted by Gasteiger charge is 2.33. The number of rotatable bonds is 15. The maximum atomic E-state index is 15.8. The molecule has 2 N–H and O–H groups in total. The second-order valence-corrected chi connectivity index (χ2v) is 25.9. The van der Waals surface area contributed by atoms with Gasteiger partial charge >= 0.3 is 0 Å². The van der Waals surface area contributed by atoms with Crippen LogP contribution in [-0.2, 0) is 13.7 Å². The third kappa shape index (κ3) is 9.12. The van der Waals surface area contributed by atoms with Crippen molar-refractivity contribution >= 4 is 104 Å². The molecule has 11 rings (SSSR count). The lowest BCUT2D eigenvalue weighted by Crippen LogP contribution is -2.25. The normalized spacial score (nSPS) is 13.7. The zero-order valence-corrected chi connectivity index (χ0v) is 43.1. The maximum absolute atomic E-state index is 15.8. The lowest BCUT2D eigenvalue weighted by Gasteiger charge is -2.24. The van der Waals surface area contributed by atoms with E-state index in [0.717, 1.165) is 82.2 Å². The van der Waals surface area contributed by atoms with E-state index in [1.54, 1.807) is 12.2 Å². The van der Waals surface area contributed by atoms with Crippen LogP contribution < -0.4 is 47.3 Å². The number of benzene rings is 11. The van der Waals surface area contributed by atoms with Crippen molar-refractivity contribution in [1.82, 2.24) is 0 Å². The smallest absolute Gasteiger partial charge is 0.227 e. The first-order valence-corrected chi connectivity index (χ1v) is 29.6. The van der Waals surface area contributed by atoms with Crippen molar-refractivity contribution in [3.05, 3.63) is 285 Å². The molecule has 2 unspecified atom stereocenters. The Hall–Kier alpha value is -8.29. The van der Waals surface area contributed by atoms with Gasteiger partial charge in [0.1, 0.15) is 0 Å². The minimum Gasteiger partial charge on any atom is -0.329 e. The van der Waals surface area contributed by atoms with Gasteiger partial charge in [0.25, 0.3) is 0 Å². The van der Waals surface area contributed by atoms with Crippen molar-refractivity contribution in [3.8, 4) is 22.3 Å². The molecule has 11 aromatic rings. The van der Waals surface area contributed by atoms with E-state index in [0.29, 0.717) is 21.2 Å². The standard InChI is InChI=1S/C66H51N2O3P3/c1-3-48-24-36-56(37-25-48)67-73(70,65-22-12-16-54-14-8-10-20-63(54)65)61-44-32-52(33-45-61)50-28-40-59(41-29-50)72(69,58-18-6-5-7-19-58)60-42-30-51(31-43-60)53-34-46-62(47-35-53)74(71,68-57-38-26-49(4-2)27-39-57)66-23-13-17-55-15-9-11-21-64(55)66/h3-47H,1-2H2,(H,67,70)(H,68,71). The van der Waals surface area contributed by atoms with Gasteiger partial charge in [0.2, 0.25) is 14.6 Å². The van der Waals surface area contributed by atoms with Gasteiger partial charge < -0.3 is 14.7 Å². The van der Waals surface area contributed by atoms with E-state index in [4.69, 9.17) is 0 Å². The molecule has 0 aliphatic rings. The van der Waals surface area contributed by atoms with Crippen molar-refractivity contribution in [2.75, 3.05) is 10.2 Å². The monoisotopic (exact) mass is 1010 g/mol.